The zero-order valence-electron chi connectivity index (χ0n) is 16.2. The van der Waals surface area contributed by atoms with Gasteiger partial charge in [-0.15, -0.1) is 0 Å². The Morgan fingerprint density at radius 3 is 2.59 bits per heavy atom. The SMILES string of the molecule is CN(CCCC(=O)O)C1CCC2(Cc3ccccc3Cc3ccccc32)C1. The van der Waals surface area contributed by atoms with Crippen molar-refractivity contribution >= 4 is 5.97 Å². The summed E-state index contributed by atoms with van der Waals surface area (Å²) in [6.45, 7) is 0.866. The summed E-state index contributed by atoms with van der Waals surface area (Å²) in [7, 11) is 2.17. The lowest BCUT2D eigenvalue weighted by atomic mass is 9.73. The van der Waals surface area contributed by atoms with E-state index in [4.69, 9.17) is 5.11 Å². The first-order chi connectivity index (χ1) is 13.1. The van der Waals surface area contributed by atoms with Crippen molar-refractivity contribution in [3.05, 3.63) is 70.8 Å². The third-order valence-electron chi connectivity index (χ3n) is 6.72. The Labute approximate surface area is 162 Å². The molecule has 3 nitrogen and oxygen atoms in total. The van der Waals surface area contributed by atoms with Crippen LogP contribution in [0.2, 0.25) is 0 Å². The van der Waals surface area contributed by atoms with E-state index in [0.29, 0.717) is 6.04 Å². The fourth-order valence-electron chi connectivity index (χ4n) is 5.30. The largest absolute Gasteiger partial charge is 0.481 e. The minimum absolute atomic E-state index is 0.217. The maximum absolute atomic E-state index is 10.8. The highest BCUT2D eigenvalue weighted by molar-refractivity contribution is 5.66. The van der Waals surface area contributed by atoms with Crippen molar-refractivity contribution in [3.8, 4) is 0 Å². The smallest absolute Gasteiger partial charge is 0.303 e. The van der Waals surface area contributed by atoms with Crippen molar-refractivity contribution < 1.29 is 9.90 Å². The van der Waals surface area contributed by atoms with Crippen molar-refractivity contribution in [2.75, 3.05) is 13.6 Å². The van der Waals surface area contributed by atoms with Gasteiger partial charge in [0.1, 0.15) is 0 Å². The van der Waals surface area contributed by atoms with Crippen molar-refractivity contribution in [1.29, 1.82) is 0 Å². The molecule has 0 amide bonds. The van der Waals surface area contributed by atoms with Gasteiger partial charge < -0.3 is 10.0 Å². The van der Waals surface area contributed by atoms with E-state index in [-0.39, 0.29) is 11.8 Å². The first kappa shape index (κ1) is 18.2. The number of nitrogens with zero attached hydrogens (tertiary/aromatic N) is 1. The van der Waals surface area contributed by atoms with Crippen LogP contribution < -0.4 is 0 Å². The van der Waals surface area contributed by atoms with Crippen LogP contribution in [0, 0.1) is 0 Å². The monoisotopic (exact) mass is 363 g/mol. The van der Waals surface area contributed by atoms with E-state index in [9.17, 15) is 4.79 Å². The van der Waals surface area contributed by atoms with Crippen LogP contribution in [0.4, 0.5) is 0 Å². The van der Waals surface area contributed by atoms with Crippen LogP contribution >= 0.6 is 0 Å². The van der Waals surface area contributed by atoms with E-state index in [0.717, 1.165) is 25.8 Å². The lowest BCUT2D eigenvalue weighted by Gasteiger charge is -2.32. The molecular formula is C24H29NO2. The van der Waals surface area contributed by atoms with Crippen LogP contribution in [-0.4, -0.2) is 35.6 Å². The molecule has 0 radical (unpaired) electrons. The van der Waals surface area contributed by atoms with Crippen molar-refractivity contribution in [1.82, 2.24) is 4.90 Å². The Kier molecular flexibility index (Phi) is 5.05. The van der Waals surface area contributed by atoms with Gasteiger partial charge >= 0.3 is 5.97 Å². The average Bonchev–Trinajstić information content (AvgIpc) is 3.02. The molecule has 2 aliphatic rings. The summed E-state index contributed by atoms with van der Waals surface area (Å²) in [5.41, 5.74) is 6.22. The summed E-state index contributed by atoms with van der Waals surface area (Å²) >= 11 is 0. The van der Waals surface area contributed by atoms with Crippen LogP contribution in [0.25, 0.3) is 0 Å². The van der Waals surface area contributed by atoms with Crippen LogP contribution in [0.5, 0.6) is 0 Å². The fourth-order valence-corrected chi connectivity index (χ4v) is 5.30. The molecule has 0 aromatic heterocycles. The van der Waals surface area contributed by atoms with Gasteiger partial charge in [0.15, 0.2) is 0 Å². The molecule has 0 heterocycles. The normalized spacial score (nSPS) is 23.9. The molecule has 3 heteroatoms. The van der Waals surface area contributed by atoms with Crippen molar-refractivity contribution in [2.45, 2.75) is 56.4 Å². The Hall–Kier alpha value is -2.13. The molecule has 1 spiro atoms. The number of carboxylic acids is 1. The minimum Gasteiger partial charge on any atom is -0.481 e. The third kappa shape index (κ3) is 3.66. The maximum atomic E-state index is 10.8. The van der Waals surface area contributed by atoms with Gasteiger partial charge in [0.05, 0.1) is 0 Å². The second-order valence-corrected chi connectivity index (χ2v) is 8.43. The summed E-state index contributed by atoms with van der Waals surface area (Å²) in [5, 5.41) is 8.91. The molecule has 1 fully saturated rings. The lowest BCUT2D eigenvalue weighted by Crippen LogP contribution is -2.34. The quantitative estimate of drug-likeness (QED) is 0.855. The summed E-state index contributed by atoms with van der Waals surface area (Å²) < 4.78 is 0. The van der Waals surface area contributed by atoms with Crippen molar-refractivity contribution in [3.63, 3.8) is 0 Å². The highest BCUT2D eigenvalue weighted by Gasteiger charge is 2.44. The second-order valence-electron chi connectivity index (χ2n) is 8.43. The van der Waals surface area contributed by atoms with Gasteiger partial charge in [-0.3, -0.25) is 4.79 Å². The van der Waals surface area contributed by atoms with E-state index in [1.807, 2.05) is 0 Å². The first-order valence-corrected chi connectivity index (χ1v) is 10.1. The number of benzene rings is 2. The van der Waals surface area contributed by atoms with Gasteiger partial charge in [0, 0.05) is 17.9 Å². The van der Waals surface area contributed by atoms with Gasteiger partial charge in [0.2, 0.25) is 0 Å². The van der Waals surface area contributed by atoms with E-state index in [2.05, 4.69) is 60.5 Å². The molecule has 1 saturated carbocycles. The predicted octanol–water partition coefficient (Wildman–Crippen LogP) is 4.42. The summed E-state index contributed by atoms with van der Waals surface area (Å²) in [5.74, 6) is -0.694. The van der Waals surface area contributed by atoms with Gasteiger partial charge in [-0.25, -0.2) is 0 Å². The number of hydrogen-bond donors (Lipinski definition) is 1. The van der Waals surface area contributed by atoms with Gasteiger partial charge in [-0.05, 0) is 74.4 Å². The molecule has 0 bridgehead atoms. The average molecular weight is 364 g/mol. The molecule has 2 unspecified atom stereocenters. The van der Waals surface area contributed by atoms with Crippen LogP contribution in [-0.2, 0) is 23.1 Å². The topological polar surface area (TPSA) is 40.5 Å². The van der Waals surface area contributed by atoms with Crippen LogP contribution in [0.15, 0.2) is 48.5 Å². The van der Waals surface area contributed by atoms with Crippen LogP contribution in [0.1, 0.15) is 54.4 Å². The zero-order valence-corrected chi connectivity index (χ0v) is 16.2. The molecule has 142 valence electrons. The molecule has 0 saturated heterocycles. The van der Waals surface area contributed by atoms with Crippen LogP contribution in [0.3, 0.4) is 0 Å². The summed E-state index contributed by atoms with van der Waals surface area (Å²) in [6.07, 6.45) is 6.73. The molecular weight excluding hydrogens is 334 g/mol. The molecule has 1 N–H and O–H groups in total. The Morgan fingerprint density at radius 2 is 1.81 bits per heavy atom. The zero-order chi connectivity index (χ0) is 18.9. The minimum atomic E-state index is -0.694. The summed E-state index contributed by atoms with van der Waals surface area (Å²) in [4.78, 5) is 13.2. The lowest BCUT2D eigenvalue weighted by molar-refractivity contribution is -0.137. The molecule has 2 atom stereocenters. The first-order valence-electron chi connectivity index (χ1n) is 10.1. The highest BCUT2D eigenvalue weighted by atomic mass is 16.4. The van der Waals surface area contributed by atoms with E-state index < -0.39 is 5.97 Å². The molecule has 2 aromatic rings. The van der Waals surface area contributed by atoms with E-state index in [1.54, 1.807) is 5.56 Å². The Balaban J connectivity index is 1.59. The number of carbonyl (C=O) groups is 1. The predicted molar refractivity (Wildman–Crippen MR) is 108 cm³/mol. The van der Waals surface area contributed by atoms with Gasteiger partial charge in [0.25, 0.3) is 0 Å². The van der Waals surface area contributed by atoms with Crippen molar-refractivity contribution in [2.24, 2.45) is 0 Å². The number of carboxylic acid groups (broad SMARTS) is 1. The summed E-state index contributed by atoms with van der Waals surface area (Å²) in [6, 6.07) is 18.5. The molecule has 2 aliphatic carbocycles. The second kappa shape index (κ2) is 7.47. The standard InChI is InChI=1S/C24H29NO2/c1-25(14-6-11-23(26)27)21-12-13-24(17-21)16-20-9-3-2-7-18(20)15-19-8-4-5-10-22(19)24/h2-5,7-10,21H,6,11-17H2,1H3,(H,26,27). The maximum Gasteiger partial charge on any atom is 0.303 e. The number of fused-ring (bicyclic) bond motifs is 3. The molecule has 4 rings (SSSR count). The number of aliphatic carboxylic acids is 1. The Bertz CT molecular complexity index is 831. The number of rotatable bonds is 5. The Morgan fingerprint density at radius 1 is 1.11 bits per heavy atom. The molecule has 27 heavy (non-hydrogen) atoms. The number of hydrogen-bond acceptors (Lipinski definition) is 2. The fraction of sp³-hybridized carbons (Fsp3) is 0.458. The molecule has 0 aliphatic heterocycles. The van der Waals surface area contributed by atoms with Gasteiger partial charge in [-0.2, -0.15) is 0 Å². The van der Waals surface area contributed by atoms with Gasteiger partial charge in [-0.1, -0.05) is 48.5 Å². The molecule has 2 aromatic carbocycles. The van der Waals surface area contributed by atoms with E-state index in [1.165, 1.54) is 36.0 Å². The highest BCUT2D eigenvalue weighted by Crippen LogP contribution is 2.48. The van der Waals surface area contributed by atoms with E-state index >= 15 is 0 Å². The third-order valence-corrected chi connectivity index (χ3v) is 6.72.